The summed E-state index contributed by atoms with van der Waals surface area (Å²) in [7, 11) is -3.42. The number of rotatable bonds is 5. The molecule has 0 unspecified atom stereocenters. The summed E-state index contributed by atoms with van der Waals surface area (Å²) in [6.07, 6.45) is 1.14. The summed E-state index contributed by atoms with van der Waals surface area (Å²) in [6, 6.07) is 20.0. The van der Waals surface area contributed by atoms with Gasteiger partial charge in [0.25, 0.3) is 5.91 Å². The maximum Gasteiger partial charge on any atom is 0.260 e. The number of hydrogen-bond acceptors (Lipinski definition) is 5. The van der Waals surface area contributed by atoms with E-state index >= 15 is 0 Å². The van der Waals surface area contributed by atoms with Crippen molar-refractivity contribution >= 4 is 42.4 Å². The molecule has 4 aromatic rings. The Kier molecular flexibility index (Phi) is 5.64. The zero-order valence-corrected chi connectivity index (χ0v) is 19.1. The molecular weight excluding hydrogens is 428 g/mol. The van der Waals surface area contributed by atoms with Crippen LogP contribution in [0.2, 0.25) is 0 Å². The molecule has 0 spiro atoms. The summed E-state index contributed by atoms with van der Waals surface area (Å²) in [6.45, 7) is 4.38. The van der Waals surface area contributed by atoms with Crippen LogP contribution < -0.4 is 4.90 Å². The van der Waals surface area contributed by atoms with Gasteiger partial charge in [0, 0.05) is 11.8 Å². The van der Waals surface area contributed by atoms with Crippen LogP contribution in [-0.4, -0.2) is 25.6 Å². The highest BCUT2D eigenvalue weighted by Crippen LogP contribution is 2.33. The van der Waals surface area contributed by atoms with Crippen LogP contribution in [-0.2, 0) is 16.4 Å². The number of anilines is 1. The zero-order valence-electron chi connectivity index (χ0n) is 17.5. The number of fused-ring (bicyclic) bond motifs is 1. The molecule has 0 N–H and O–H groups in total. The highest BCUT2D eigenvalue weighted by molar-refractivity contribution is 7.90. The van der Waals surface area contributed by atoms with Gasteiger partial charge in [0.2, 0.25) is 0 Å². The maximum atomic E-state index is 13.6. The van der Waals surface area contributed by atoms with Crippen molar-refractivity contribution in [3.63, 3.8) is 0 Å². The van der Waals surface area contributed by atoms with Gasteiger partial charge in [-0.05, 0) is 54.8 Å². The number of carbonyl (C=O) groups is 1. The highest BCUT2D eigenvalue weighted by atomic mass is 32.2. The number of aromatic nitrogens is 1. The van der Waals surface area contributed by atoms with Gasteiger partial charge in [0.05, 0.1) is 21.7 Å². The smallest absolute Gasteiger partial charge is 0.260 e. The fraction of sp³-hybridized carbons (Fsp3) is 0.167. The molecule has 158 valence electrons. The Morgan fingerprint density at radius 3 is 2.45 bits per heavy atom. The summed E-state index contributed by atoms with van der Waals surface area (Å²) >= 11 is 1.46. The molecule has 5 nitrogen and oxygen atoms in total. The standard InChI is InChI=1S/C24H22N2O3S2/c1-16-12-17(2)22-21(13-16)30-24(25-22)26(15-18-8-5-4-6-9-18)23(27)19-10-7-11-20(14-19)31(3,28)29/h4-14H,15H2,1-3H3. The topological polar surface area (TPSA) is 67.3 Å². The number of thiazole rings is 1. The van der Waals surface area contributed by atoms with Crippen LogP contribution in [0.25, 0.3) is 10.2 Å². The first-order valence-corrected chi connectivity index (χ1v) is 12.5. The number of sulfone groups is 1. The lowest BCUT2D eigenvalue weighted by Crippen LogP contribution is -2.30. The summed E-state index contributed by atoms with van der Waals surface area (Å²) in [5, 5.41) is 0.585. The third-order valence-electron chi connectivity index (χ3n) is 4.99. The molecule has 3 aromatic carbocycles. The molecule has 0 fully saturated rings. The molecule has 0 aliphatic heterocycles. The number of amides is 1. The van der Waals surface area contributed by atoms with Gasteiger partial charge in [-0.25, -0.2) is 13.4 Å². The van der Waals surface area contributed by atoms with Gasteiger partial charge in [0.1, 0.15) is 0 Å². The second-order valence-corrected chi connectivity index (χ2v) is 10.6. The normalized spacial score (nSPS) is 11.6. The van der Waals surface area contributed by atoms with Crippen LogP contribution in [0.5, 0.6) is 0 Å². The molecule has 0 aliphatic rings. The summed E-state index contributed by atoms with van der Waals surface area (Å²) in [5.41, 5.74) is 4.35. The molecule has 0 saturated heterocycles. The first kappa shape index (κ1) is 21.2. The van der Waals surface area contributed by atoms with Crippen LogP contribution in [0, 0.1) is 13.8 Å². The monoisotopic (exact) mass is 450 g/mol. The van der Waals surface area contributed by atoms with Crippen molar-refractivity contribution in [1.82, 2.24) is 4.98 Å². The molecule has 1 aromatic heterocycles. The van der Waals surface area contributed by atoms with E-state index in [2.05, 4.69) is 12.1 Å². The number of nitrogens with zero attached hydrogens (tertiary/aromatic N) is 2. The molecule has 31 heavy (non-hydrogen) atoms. The Balaban J connectivity index is 1.82. The van der Waals surface area contributed by atoms with E-state index in [1.54, 1.807) is 17.0 Å². The van der Waals surface area contributed by atoms with Crippen LogP contribution in [0.15, 0.2) is 71.6 Å². The first-order chi connectivity index (χ1) is 14.7. The predicted octanol–water partition coefficient (Wildman–Crippen LogP) is 5.16. The van der Waals surface area contributed by atoms with E-state index in [4.69, 9.17) is 4.98 Å². The van der Waals surface area contributed by atoms with E-state index in [0.29, 0.717) is 17.2 Å². The van der Waals surface area contributed by atoms with Crippen LogP contribution in [0.3, 0.4) is 0 Å². The zero-order chi connectivity index (χ0) is 22.2. The minimum atomic E-state index is -3.42. The number of carbonyl (C=O) groups excluding carboxylic acids is 1. The van der Waals surface area contributed by atoms with Crippen molar-refractivity contribution < 1.29 is 13.2 Å². The number of aryl methyl sites for hydroxylation is 2. The molecule has 7 heteroatoms. The Morgan fingerprint density at radius 1 is 1.00 bits per heavy atom. The Hall–Kier alpha value is -3.03. The lowest BCUT2D eigenvalue weighted by atomic mass is 10.1. The molecule has 0 saturated carbocycles. The maximum absolute atomic E-state index is 13.6. The largest absolute Gasteiger partial charge is 0.279 e. The second-order valence-electron chi connectivity index (χ2n) is 7.60. The second kappa shape index (κ2) is 8.24. The SMILES string of the molecule is Cc1cc(C)c2nc(N(Cc3ccccc3)C(=O)c3cccc(S(C)(=O)=O)c3)sc2c1. The quantitative estimate of drug-likeness (QED) is 0.421. The third kappa shape index (κ3) is 4.52. The van der Waals surface area contributed by atoms with Crippen LogP contribution in [0.1, 0.15) is 27.0 Å². The van der Waals surface area contributed by atoms with Gasteiger partial charge < -0.3 is 0 Å². The fourth-order valence-electron chi connectivity index (χ4n) is 3.48. The lowest BCUT2D eigenvalue weighted by Gasteiger charge is -2.20. The van der Waals surface area contributed by atoms with Gasteiger partial charge in [-0.2, -0.15) is 0 Å². The van der Waals surface area contributed by atoms with Crippen molar-refractivity contribution in [1.29, 1.82) is 0 Å². The third-order valence-corrected chi connectivity index (χ3v) is 7.12. The van der Waals surface area contributed by atoms with Gasteiger partial charge in [0.15, 0.2) is 15.0 Å². The average molecular weight is 451 g/mol. The van der Waals surface area contributed by atoms with E-state index in [1.807, 2.05) is 44.2 Å². The van der Waals surface area contributed by atoms with Crippen molar-refractivity contribution in [3.05, 3.63) is 89.0 Å². The summed E-state index contributed by atoms with van der Waals surface area (Å²) < 4.78 is 25.0. The van der Waals surface area contributed by atoms with E-state index < -0.39 is 9.84 Å². The Morgan fingerprint density at radius 2 is 1.74 bits per heavy atom. The summed E-state index contributed by atoms with van der Waals surface area (Å²) in [4.78, 5) is 20.1. The molecule has 0 bridgehead atoms. The molecule has 1 amide bonds. The molecule has 0 atom stereocenters. The van der Waals surface area contributed by atoms with Crippen molar-refractivity contribution in [2.75, 3.05) is 11.2 Å². The van der Waals surface area contributed by atoms with Gasteiger partial charge in [-0.3, -0.25) is 9.69 Å². The molecular formula is C24H22N2O3S2. The van der Waals surface area contributed by atoms with Gasteiger partial charge in [-0.15, -0.1) is 0 Å². The minimum Gasteiger partial charge on any atom is -0.279 e. The summed E-state index contributed by atoms with van der Waals surface area (Å²) in [5.74, 6) is -0.289. The Bertz CT molecular complexity index is 1380. The first-order valence-electron chi connectivity index (χ1n) is 9.76. The molecule has 0 radical (unpaired) electrons. The average Bonchev–Trinajstić information content (AvgIpc) is 3.16. The van der Waals surface area contributed by atoms with Gasteiger partial charge in [-0.1, -0.05) is 53.8 Å². The van der Waals surface area contributed by atoms with Gasteiger partial charge >= 0.3 is 0 Å². The Labute approximate surface area is 185 Å². The van der Waals surface area contributed by atoms with Crippen molar-refractivity contribution in [3.8, 4) is 0 Å². The minimum absolute atomic E-state index is 0.119. The van der Waals surface area contributed by atoms with E-state index in [0.717, 1.165) is 33.2 Å². The van der Waals surface area contributed by atoms with E-state index in [-0.39, 0.29) is 10.8 Å². The lowest BCUT2D eigenvalue weighted by molar-refractivity contribution is 0.0985. The number of benzene rings is 3. The molecule has 4 rings (SSSR count). The highest BCUT2D eigenvalue weighted by Gasteiger charge is 2.23. The van der Waals surface area contributed by atoms with Crippen LogP contribution >= 0.6 is 11.3 Å². The number of hydrogen-bond donors (Lipinski definition) is 0. The molecule has 0 aliphatic carbocycles. The van der Waals surface area contributed by atoms with Crippen LogP contribution in [0.4, 0.5) is 5.13 Å². The predicted molar refractivity (Wildman–Crippen MR) is 126 cm³/mol. The molecule has 1 heterocycles. The van der Waals surface area contributed by atoms with Crippen molar-refractivity contribution in [2.45, 2.75) is 25.3 Å². The van der Waals surface area contributed by atoms with Crippen molar-refractivity contribution in [2.24, 2.45) is 0 Å². The van der Waals surface area contributed by atoms with E-state index in [9.17, 15) is 13.2 Å². The van der Waals surface area contributed by atoms with E-state index in [1.165, 1.54) is 23.5 Å². The fourth-order valence-corrected chi connectivity index (χ4v) is 5.29.